The Morgan fingerprint density at radius 2 is 2.00 bits per heavy atom. The molecule has 0 atom stereocenters. The Hall–Kier alpha value is -1.89. The summed E-state index contributed by atoms with van der Waals surface area (Å²) in [6.07, 6.45) is 5.63. The lowest BCUT2D eigenvalue weighted by molar-refractivity contribution is 0.0275. The van der Waals surface area contributed by atoms with Gasteiger partial charge in [-0.1, -0.05) is 0 Å². The smallest absolute Gasteiger partial charge is 0.152 e. The highest BCUT2D eigenvalue weighted by atomic mass is 32.2. The van der Waals surface area contributed by atoms with E-state index in [1.54, 1.807) is 18.3 Å². The number of aromatic nitrogens is 1. The molecule has 1 fully saturated rings. The van der Waals surface area contributed by atoms with E-state index in [1.165, 1.54) is 11.8 Å². The van der Waals surface area contributed by atoms with Crippen LogP contribution in [0.1, 0.15) is 38.4 Å². The van der Waals surface area contributed by atoms with Crippen molar-refractivity contribution in [3.63, 3.8) is 0 Å². The van der Waals surface area contributed by atoms with Gasteiger partial charge in [-0.15, -0.1) is 11.8 Å². The molecule has 0 unspecified atom stereocenters. The third-order valence-electron chi connectivity index (χ3n) is 5.48. The number of nitrogens with zero attached hydrogens (tertiary/aromatic N) is 2. The zero-order chi connectivity index (χ0) is 20.6. The Morgan fingerprint density at radius 1 is 1.24 bits per heavy atom. The number of pyridine rings is 1. The fourth-order valence-electron chi connectivity index (χ4n) is 4.07. The van der Waals surface area contributed by atoms with E-state index in [9.17, 15) is 9.50 Å². The van der Waals surface area contributed by atoms with Crippen LogP contribution >= 0.6 is 11.8 Å². The lowest BCUT2D eigenvalue weighted by Crippen LogP contribution is -2.42. The van der Waals surface area contributed by atoms with Gasteiger partial charge in [0.2, 0.25) is 0 Å². The van der Waals surface area contributed by atoms with Crippen LogP contribution in [0, 0.1) is 5.82 Å². The van der Waals surface area contributed by atoms with Gasteiger partial charge in [0.15, 0.2) is 5.58 Å². The van der Waals surface area contributed by atoms with Crippen LogP contribution in [0.4, 0.5) is 4.39 Å². The molecule has 0 saturated carbocycles. The Labute approximate surface area is 175 Å². The summed E-state index contributed by atoms with van der Waals surface area (Å²) in [5.74, 6) is 1.08. The van der Waals surface area contributed by atoms with Crippen molar-refractivity contribution in [1.82, 2.24) is 9.88 Å². The highest BCUT2D eigenvalue weighted by molar-refractivity contribution is 7.98. The van der Waals surface area contributed by atoms with E-state index in [0.29, 0.717) is 23.7 Å². The van der Waals surface area contributed by atoms with Crippen LogP contribution in [0.3, 0.4) is 0 Å². The molecular weight excluding hydrogens is 387 g/mol. The third kappa shape index (κ3) is 4.65. The Balaban J connectivity index is 1.52. The van der Waals surface area contributed by atoms with E-state index in [0.717, 1.165) is 47.6 Å². The molecule has 1 aliphatic rings. The summed E-state index contributed by atoms with van der Waals surface area (Å²) in [4.78, 5) is 7.63. The first-order valence-electron chi connectivity index (χ1n) is 10.0. The molecule has 0 amide bonds. The summed E-state index contributed by atoms with van der Waals surface area (Å²) in [7, 11) is 0. The molecule has 4 rings (SSSR count). The zero-order valence-electron chi connectivity index (χ0n) is 17.1. The summed E-state index contributed by atoms with van der Waals surface area (Å²) in [5.41, 5.74) is 1.20. The maximum absolute atomic E-state index is 14.5. The molecule has 0 bridgehead atoms. The predicted molar refractivity (Wildman–Crippen MR) is 116 cm³/mol. The number of likely N-dealkylation sites (tertiary alicyclic amines) is 1. The number of rotatable bonds is 5. The first-order valence-corrected chi connectivity index (χ1v) is 11.2. The molecule has 1 aliphatic heterocycles. The Morgan fingerprint density at radius 3 is 2.66 bits per heavy atom. The molecule has 3 aromatic rings. The van der Waals surface area contributed by atoms with E-state index in [1.807, 2.05) is 32.2 Å². The van der Waals surface area contributed by atoms with Gasteiger partial charge in [-0.25, -0.2) is 4.39 Å². The molecule has 1 N–H and O–H groups in total. The van der Waals surface area contributed by atoms with Crippen molar-refractivity contribution in [1.29, 1.82) is 0 Å². The van der Waals surface area contributed by atoms with E-state index in [-0.39, 0.29) is 5.82 Å². The van der Waals surface area contributed by atoms with Crippen LogP contribution in [0.5, 0.6) is 0 Å². The van der Waals surface area contributed by atoms with Gasteiger partial charge >= 0.3 is 0 Å². The van der Waals surface area contributed by atoms with Gasteiger partial charge in [0.1, 0.15) is 11.6 Å². The van der Waals surface area contributed by atoms with Gasteiger partial charge in [0.25, 0.3) is 0 Å². The van der Waals surface area contributed by atoms with Gasteiger partial charge in [0.05, 0.1) is 17.5 Å². The maximum atomic E-state index is 14.5. The highest BCUT2D eigenvalue weighted by Gasteiger charge is 2.26. The maximum Gasteiger partial charge on any atom is 0.152 e. The van der Waals surface area contributed by atoms with Crippen LogP contribution < -0.4 is 0 Å². The van der Waals surface area contributed by atoms with Gasteiger partial charge in [-0.2, -0.15) is 0 Å². The van der Waals surface area contributed by atoms with E-state index < -0.39 is 5.60 Å². The van der Waals surface area contributed by atoms with Crippen LogP contribution in [0.15, 0.2) is 45.8 Å². The van der Waals surface area contributed by atoms with E-state index in [4.69, 9.17) is 4.42 Å². The van der Waals surface area contributed by atoms with Crippen molar-refractivity contribution >= 4 is 22.7 Å². The lowest BCUT2D eigenvalue weighted by Gasteiger charge is -2.34. The van der Waals surface area contributed by atoms with Crippen LogP contribution in [0.2, 0.25) is 0 Å². The summed E-state index contributed by atoms with van der Waals surface area (Å²) in [6.45, 7) is 6.28. The molecule has 1 saturated heterocycles. The Kier molecular flexibility index (Phi) is 5.69. The number of furan rings is 1. The van der Waals surface area contributed by atoms with Crippen molar-refractivity contribution in [2.24, 2.45) is 0 Å². The number of aliphatic hydroxyl groups is 1. The Bertz CT molecular complexity index is 1000. The molecule has 3 heterocycles. The fraction of sp³-hybridized carbons (Fsp3) is 0.435. The van der Waals surface area contributed by atoms with Gasteiger partial charge in [-0.05, 0) is 76.4 Å². The van der Waals surface area contributed by atoms with E-state index >= 15 is 0 Å². The second-order valence-corrected chi connectivity index (χ2v) is 9.34. The molecule has 2 aromatic heterocycles. The average Bonchev–Trinajstić information content (AvgIpc) is 3.10. The summed E-state index contributed by atoms with van der Waals surface area (Å²) in [6, 6.07) is 9.23. The second kappa shape index (κ2) is 8.09. The fourth-order valence-corrected chi connectivity index (χ4v) is 4.49. The standard InChI is InChI=1S/C23H27FN2O2S/c1-23(2,27)14-26-8-6-15(7-9-26)21-11-16-10-20(25-13-22(16)28-21)18-5-4-17(29-3)12-19(18)24/h4-5,10-13,15,27H,6-9,14H2,1-3H3. The van der Waals surface area contributed by atoms with Crippen molar-refractivity contribution in [2.75, 3.05) is 25.9 Å². The molecule has 4 nitrogen and oxygen atoms in total. The van der Waals surface area contributed by atoms with Crippen LogP contribution in [-0.2, 0) is 0 Å². The average molecular weight is 415 g/mol. The molecular formula is C23H27FN2O2S. The van der Waals surface area contributed by atoms with E-state index in [2.05, 4.69) is 16.0 Å². The number of thioether (sulfide) groups is 1. The minimum Gasteiger partial charge on any atom is -0.459 e. The molecule has 6 heteroatoms. The van der Waals surface area contributed by atoms with Crippen molar-refractivity contribution < 1.29 is 13.9 Å². The summed E-state index contributed by atoms with van der Waals surface area (Å²) < 4.78 is 20.5. The number of hydrogen-bond acceptors (Lipinski definition) is 5. The minimum atomic E-state index is -0.669. The summed E-state index contributed by atoms with van der Waals surface area (Å²) >= 11 is 1.52. The number of fused-ring (bicyclic) bond motifs is 1. The number of halogens is 1. The molecule has 154 valence electrons. The number of hydrogen-bond donors (Lipinski definition) is 1. The van der Waals surface area contributed by atoms with Crippen molar-refractivity contribution in [2.45, 2.75) is 43.1 Å². The SMILES string of the molecule is CSc1ccc(-c2cc3cc(C4CCN(CC(C)(C)O)CC4)oc3cn2)c(F)c1. The molecule has 0 spiro atoms. The van der Waals surface area contributed by atoms with Gasteiger partial charge in [0, 0.05) is 28.3 Å². The van der Waals surface area contributed by atoms with Crippen LogP contribution in [-0.4, -0.2) is 46.5 Å². The molecule has 0 radical (unpaired) electrons. The monoisotopic (exact) mass is 414 g/mol. The number of benzene rings is 1. The zero-order valence-corrected chi connectivity index (χ0v) is 17.9. The van der Waals surface area contributed by atoms with Crippen molar-refractivity contribution in [3.8, 4) is 11.3 Å². The second-order valence-electron chi connectivity index (χ2n) is 8.46. The van der Waals surface area contributed by atoms with Crippen LogP contribution in [0.25, 0.3) is 22.2 Å². The van der Waals surface area contributed by atoms with Gasteiger partial charge in [-0.3, -0.25) is 4.98 Å². The molecule has 0 aliphatic carbocycles. The summed E-state index contributed by atoms with van der Waals surface area (Å²) in [5, 5.41) is 11.0. The number of β-amino-alcohol motifs (C(OH)–C–C–N with tert-alkyl or cyclic N) is 1. The first kappa shape index (κ1) is 20.4. The minimum absolute atomic E-state index is 0.258. The lowest BCUT2D eigenvalue weighted by atomic mass is 9.93. The predicted octanol–water partition coefficient (Wildman–Crippen LogP) is 5.31. The third-order valence-corrected chi connectivity index (χ3v) is 6.20. The quantitative estimate of drug-likeness (QED) is 0.574. The molecule has 29 heavy (non-hydrogen) atoms. The largest absolute Gasteiger partial charge is 0.459 e. The topological polar surface area (TPSA) is 49.5 Å². The number of piperidine rings is 1. The first-order chi connectivity index (χ1) is 13.8. The highest BCUT2D eigenvalue weighted by Crippen LogP contribution is 2.34. The van der Waals surface area contributed by atoms with Crippen molar-refractivity contribution in [3.05, 3.63) is 48.1 Å². The molecule has 1 aromatic carbocycles. The normalized spacial score (nSPS) is 16.6. The van der Waals surface area contributed by atoms with Gasteiger partial charge < -0.3 is 14.4 Å².